The number of alkyl halides is 3. The van der Waals surface area contributed by atoms with E-state index in [-0.39, 0.29) is 5.76 Å². The second-order valence-electron chi connectivity index (χ2n) is 4.18. The molecule has 0 radical (unpaired) electrons. The van der Waals surface area contributed by atoms with E-state index in [0.29, 0.717) is 18.2 Å². The number of hydrogen-bond acceptors (Lipinski definition) is 3. The highest BCUT2D eigenvalue weighted by Crippen LogP contribution is 2.33. The van der Waals surface area contributed by atoms with Crippen LogP contribution in [0.5, 0.6) is 0 Å². The quantitative estimate of drug-likeness (QED) is 0.854. The maximum atomic E-state index is 13.2. The van der Waals surface area contributed by atoms with Crippen molar-refractivity contribution in [2.24, 2.45) is 0 Å². The lowest BCUT2D eigenvalue weighted by molar-refractivity contribution is -0.137. The summed E-state index contributed by atoms with van der Waals surface area (Å²) in [5, 5.41) is 18.5. The third kappa shape index (κ3) is 3.22. The van der Waals surface area contributed by atoms with Gasteiger partial charge in [-0.15, -0.1) is 0 Å². The van der Waals surface area contributed by atoms with Crippen LogP contribution in [0.3, 0.4) is 0 Å². The predicted molar refractivity (Wildman–Crippen MR) is 61.1 cm³/mol. The molecule has 2 N–H and O–H groups in total. The molecule has 112 valence electrons. The SMILES string of the molecule is O=C(O)c1ccc(C(O)c2cc(F)cc(C(F)(F)F)c2)o1. The van der Waals surface area contributed by atoms with Crippen molar-refractivity contribution in [3.63, 3.8) is 0 Å². The number of carbonyl (C=O) groups is 1. The molecule has 0 aliphatic carbocycles. The Morgan fingerprint density at radius 1 is 1.19 bits per heavy atom. The van der Waals surface area contributed by atoms with Gasteiger partial charge in [0.15, 0.2) is 0 Å². The zero-order valence-corrected chi connectivity index (χ0v) is 10.2. The summed E-state index contributed by atoms with van der Waals surface area (Å²) >= 11 is 0. The van der Waals surface area contributed by atoms with E-state index in [2.05, 4.69) is 0 Å². The fourth-order valence-electron chi connectivity index (χ4n) is 1.71. The van der Waals surface area contributed by atoms with E-state index in [0.717, 1.165) is 12.1 Å². The van der Waals surface area contributed by atoms with Crippen LogP contribution in [0.25, 0.3) is 0 Å². The van der Waals surface area contributed by atoms with Crippen molar-refractivity contribution in [3.05, 3.63) is 58.8 Å². The number of halogens is 4. The highest BCUT2D eigenvalue weighted by molar-refractivity contribution is 5.84. The van der Waals surface area contributed by atoms with Gasteiger partial charge in [-0.2, -0.15) is 13.2 Å². The molecule has 0 bridgehead atoms. The van der Waals surface area contributed by atoms with Gasteiger partial charge < -0.3 is 14.6 Å². The first-order chi connectivity index (χ1) is 9.68. The number of furan rings is 1. The number of aromatic carboxylic acids is 1. The van der Waals surface area contributed by atoms with Crippen LogP contribution in [0.1, 0.15) is 33.5 Å². The van der Waals surface area contributed by atoms with Crippen LogP contribution >= 0.6 is 0 Å². The second kappa shape index (κ2) is 5.21. The van der Waals surface area contributed by atoms with Gasteiger partial charge in [0.1, 0.15) is 17.7 Å². The van der Waals surface area contributed by atoms with E-state index in [1.807, 2.05) is 0 Å². The second-order valence-corrected chi connectivity index (χ2v) is 4.18. The normalized spacial score (nSPS) is 13.2. The molecule has 2 aromatic rings. The van der Waals surface area contributed by atoms with Crippen LogP contribution in [-0.2, 0) is 6.18 Å². The summed E-state index contributed by atoms with van der Waals surface area (Å²) in [6.45, 7) is 0. The van der Waals surface area contributed by atoms with Crippen molar-refractivity contribution in [2.75, 3.05) is 0 Å². The lowest BCUT2D eigenvalue weighted by atomic mass is 10.0. The first kappa shape index (κ1) is 15.0. The standard InChI is InChI=1S/C13H8F4O4/c14-8-4-6(3-7(5-8)13(15,16)17)11(18)9-1-2-10(21-9)12(19)20/h1-5,11,18H,(H,19,20). The molecule has 0 fully saturated rings. The van der Waals surface area contributed by atoms with Gasteiger partial charge in [0.2, 0.25) is 5.76 Å². The van der Waals surface area contributed by atoms with Crippen molar-refractivity contribution < 1.29 is 37.0 Å². The lowest BCUT2D eigenvalue weighted by Gasteiger charge is -2.12. The fraction of sp³-hybridized carbons (Fsp3) is 0.154. The van der Waals surface area contributed by atoms with E-state index < -0.39 is 41.0 Å². The Bertz CT molecular complexity index is 675. The molecular formula is C13H8F4O4. The molecule has 1 unspecified atom stereocenters. The van der Waals surface area contributed by atoms with Crippen molar-refractivity contribution in [1.29, 1.82) is 0 Å². The van der Waals surface area contributed by atoms with Crippen LogP contribution in [0.4, 0.5) is 17.6 Å². The minimum Gasteiger partial charge on any atom is -0.475 e. The van der Waals surface area contributed by atoms with Gasteiger partial charge in [0.25, 0.3) is 0 Å². The molecule has 0 amide bonds. The molecule has 4 nitrogen and oxygen atoms in total. The number of carboxylic acid groups (broad SMARTS) is 1. The molecule has 21 heavy (non-hydrogen) atoms. The Kier molecular flexibility index (Phi) is 3.73. The van der Waals surface area contributed by atoms with Crippen LogP contribution in [-0.4, -0.2) is 16.2 Å². The average molecular weight is 304 g/mol. The molecule has 1 atom stereocenters. The molecule has 1 heterocycles. The molecular weight excluding hydrogens is 296 g/mol. The van der Waals surface area contributed by atoms with Gasteiger partial charge in [-0.3, -0.25) is 0 Å². The third-order valence-electron chi connectivity index (χ3n) is 2.67. The zero-order chi connectivity index (χ0) is 15.8. The maximum absolute atomic E-state index is 13.2. The van der Waals surface area contributed by atoms with Gasteiger partial charge in [0, 0.05) is 0 Å². The number of rotatable bonds is 3. The smallest absolute Gasteiger partial charge is 0.416 e. The van der Waals surface area contributed by atoms with Gasteiger partial charge in [-0.1, -0.05) is 0 Å². The highest BCUT2D eigenvalue weighted by Gasteiger charge is 2.32. The van der Waals surface area contributed by atoms with Crippen LogP contribution in [0.2, 0.25) is 0 Å². The molecule has 1 aromatic heterocycles. The largest absolute Gasteiger partial charge is 0.475 e. The monoisotopic (exact) mass is 304 g/mol. The molecule has 0 saturated carbocycles. The highest BCUT2D eigenvalue weighted by atomic mass is 19.4. The summed E-state index contributed by atoms with van der Waals surface area (Å²) in [4.78, 5) is 10.6. The summed E-state index contributed by atoms with van der Waals surface area (Å²) in [6.07, 6.45) is -6.48. The summed E-state index contributed by atoms with van der Waals surface area (Å²) in [5.74, 6) is -3.37. The van der Waals surface area contributed by atoms with E-state index in [1.165, 1.54) is 0 Å². The molecule has 0 spiro atoms. The number of aliphatic hydroxyl groups is 1. The number of hydrogen-bond donors (Lipinski definition) is 2. The number of aliphatic hydroxyl groups excluding tert-OH is 1. The Labute approximate surface area is 115 Å². The van der Waals surface area contributed by atoms with Crippen molar-refractivity contribution >= 4 is 5.97 Å². The zero-order valence-electron chi connectivity index (χ0n) is 10.2. The molecule has 2 rings (SSSR count). The van der Waals surface area contributed by atoms with Gasteiger partial charge in [-0.25, -0.2) is 9.18 Å². The average Bonchev–Trinajstić information content (AvgIpc) is 2.85. The van der Waals surface area contributed by atoms with Crippen LogP contribution in [0, 0.1) is 5.82 Å². The molecule has 0 aliphatic heterocycles. The van der Waals surface area contributed by atoms with Gasteiger partial charge in [0.05, 0.1) is 5.56 Å². The van der Waals surface area contributed by atoms with Gasteiger partial charge >= 0.3 is 12.1 Å². The fourth-order valence-corrected chi connectivity index (χ4v) is 1.71. The Morgan fingerprint density at radius 3 is 2.38 bits per heavy atom. The Hall–Kier alpha value is -2.35. The number of carboxylic acids is 1. The molecule has 8 heteroatoms. The molecule has 0 saturated heterocycles. The maximum Gasteiger partial charge on any atom is 0.416 e. The van der Waals surface area contributed by atoms with Crippen LogP contribution < -0.4 is 0 Å². The van der Waals surface area contributed by atoms with Crippen molar-refractivity contribution in [2.45, 2.75) is 12.3 Å². The first-order valence-electron chi connectivity index (χ1n) is 5.57. The summed E-state index contributed by atoms with van der Waals surface area (Å²) in [6, 6.07) is 3.69. The Balaban J connectivity index is 2.40. The molecule has 0 aliphatic rings. The van der Waals surface area contributed by atoms with E-state index in [9.17, 15) is 27.5 Å². The van der Waals surface area contributed by atoms with Crippen LogP contribution in [0.15, 0.2) is 34.7 Å². The van der Waals surface area contributed by atoms with E-state index in [4.69, 9.17) is 9.52 Å². The summed E-state index contributed by atoms with van der Waals surface area (Å²) < 4.78 is 55.7. The number of benzene rings is 1. The van der Waals surface area contributed by atoms with Crippen molar-refractivity contribution in [1.82, 2.24) is 0 Å². The molecule has 1 aromatic carbocycles. The first-order valence-corrected chi connectivity index (χ1v) is 5.57. The lowest BCUT2D eigenvalue weighted by Crippen LogP contribution is -2.08. The predicted octanol–water partition coefficient (Wildman–Crippen LogP) is 3.22. The Morgan fingerprint density at radius 2 is 1.86 bits per heavy atom. The topological polar surface area (TPSA) is 70.7 Å². The third-order valence-corrected chi connectivity index (χ3v) is 2.67. The van der Waals surface area contributed by atoms with E-state index in [1.54, 1.807) is 0 Å². The van der Waals surface area contributed by atoms with Gasteiger partial charge in [-0.05, 0) is 35.9 Å². The minimum absolute atomic E-state index is 0.293. The van der Waals surface area contributed by atoms with E-state index >= 15 is 0 Å². The summed E-state index contributed by atoms with van der Waals surface area (Å²) in [7, 11) is 0. The van der Waals surface area contributed by atoms with Crippen molar-refractivity contribution in [3.8, 4) is 0 Å². The summed E-state index contributed by atoms with van der Waals surface area (Å²) in [5.41, 5.74) is -1.66. The minimum atomic E-state index is -4.77.